The first kappa shape index (κ1) is 13.9. The van der Waals surface area contributed by atoms with Gasteiger partial charge in [0, 0.05) is 18.2 Å². The van der Waals surface area contributed by atoms with Crippen molar-refractivity contribution >= 4 is 0 Å². The molecular formula is C13H20FNO2. The molecule has 0 radical (unpaired) electrons. The number of aliphatic hydroxyl groups is 1. The fourth-order valence-electron chi connectivity index (χ4n) is 1.66. The van der Waals surface area contributed by atoms with E-state index >= 15 is 0 Å². The van der Waals surface area contributed by atoms with Crippen molar-refractivity contribution in [2.75, 3.05) is 20.2 Å². The predicted molar refractivity (Wildman–Crippen MR) is 65.7 cm³/mol. The lowest BCUT2D eigenvalue weighted by molar-refractivity contribution is 0.0534. The third-order valence-corrected chi connectivity index (χ3v) is 2.65. The fraction of sp³-hybridized carbons (Fsp3) is 0.538. The number of hydrogen-bond donors (Lipinski definition) is 2. The van der Waals surface area contributed by atoms with E-state index in [1.54, 1.807) is 19.1 Å². The molecule has 96 valence electrons. The van der Waals surface area contributed by atoms with Crippen LogP contribution in [0.5, 0.6) is 5.75 Å². The smallest absolute Gasteiger partial charge is 0.133 e. The van der Waals surface area contributed by atoms with Gasteiger partial charge in [-0.25, -0.2) is 4.39 Å². The lowest BCUT2D eigenvalue weighted by Crippen LogP contribution is -2.36. The van der Waals surface area contributed by atoms with Crippen molar-refractivity contribution in [3.8, 4) is 5.75 Å². The SMILES string of the molecule is CCCNCC(C)(O)c1ccc(OC)cc1F. The molecule has 0 aliphatic heterocycles. The zero-order valence-corrected chi connectivity index (χ0v) is 10.6. The van der Waals surface area contributed by atoms with Crippen LogP contribution in [-0.2, 0) is 5.60 Å². The molecule has 4 heteroatoms. The highest BCUT2D eigenvalue weighted by molar-refractivity contribution is 5.32. The first-order valence-electron chi connectivity index (χ1n) is 5.78. The Kier molecular flexibility index (Phi) is 4.90. The highest BCUT2D eigenvalue weighted by Crippen LogP contribution is 2.26. The Hall–Kier alpha value is -1.13. The summed E-state index contributed by atoms with van der Waals surface area (Å²) in [6.07, 6.45) is 0.973. The number of halogens is 1. The van der Waals surface area contributed by atoms with E-state index in [0.29, 0.717) is 12.3 Å². The lowest BCUT2D eigenvalue weighted by Gasteiger charge is -2.25. The van der Waals surface area contributed by atoms with Gasteiger partial charge in [0.25, 0.3) is 0 Å². The molecule has 1 aromatic carbocycles. The van der Waals surface area contributed by atoms with Gasteiger partial charge in [0.05, 0.1) is 7.11 Å². The third kappa shape index (κ3) is 3.68. The van der Waals surface area contributed by atoms with E-state index in [9.17, 15) is 9.50 Å². The topological polar surface area (TPSA) is 41.5 Å². The summed E-state index contributed by atoms with van der Waals surface area (Å²) in [5.41, 5.74) is -0.937. The second-order valence-electron chi connectivity index (χ2n) is 4.30. The molecule has 1 rings (SSSR count). The zero-order chi connectivity index (χ0) is 12.9. The summed E-state index contributed by atoms with van der Waals surface area (Å²) >= 11 is 0. The van der Waals surface area contributed by atoms with Crippen molar-refractivity contribution in [1.82, 2.24) is 5.32 Å². The molecule has 1 atom stereocenters. The highest BCUT2D eigenvalue weighted by Gasteiger charge is 2.26. The van der Waals surface area contributed by atoms with Crippen molar-refractivity contribution in [2.45, 2.75) is 25.9 Å². The molecule has 0 saturated carbocycles. The molecule has 1 unspecified atom stereocenters. The van der Waals surface area contributed by atoms with Gasteiger partial charge in [-0.05, 0) is 32.0 Å². The Bertz CT molecular complexity index is 366. The molecule has 0 aliphatic carbocycles. The van der Waals surface area contributed by atoms with Crippen LogP contribution in [-0.4, -0.2) is 25.3 Å². The Morgan fingerprint density at radius 1 is 1.47 bits per heavy atom. The van der Waals surface area contributed by atoms with E-state index in [2.05, 4.69) is 5.32 Å². The van der Waals surface area contributed by atoms with E-state index in [4.69, 9.17) is 4.74 Å². The average Bonchev–Trinajstić information content (AvgIpc) is 2.28. The molecule has 0 amide bonds. The van der Waals surface area contributed by atoms with Gasteiger partial charge >= 0.3 is 0 Å². The average molecular weight is 241 g/mol. The van der Waals surface area contributed by atoms with Gasteiger partial charge in [0.2, 0.25) is 0 Å². The molecule has 0 heterocycles. The second-order valence-corrected chi connectivity index (χ2v) is 4.30. The number of benzene rings is 1. The molecular weight excluding hydrogens is 221 g/mol. The number of rotatable bonds is 6. The number of methoxy groups -OCH3 is 1. The maximum Gasteiger partial charge on any atom is 0.133 e. The molecule has 0 bridgehead atoms. The van der Waals surface area contributed by atoms with Crippen molar-refractivity contribution in [3.05, 3.63) is 29.6 Å². The Balaban J connectivity index is 2.82. The van der Waals surface area contributed by atoms with E-state index in [1.807, 2.05) is 6.92 Å². The third-order valence-electron chi connectivity index (χ3n) is 2.65. The van der Waals surface area contributed by atoms with Crippen LogP contribution in [0.25, 0.3) is 0 Å². The normalized spacial score (nSPS) is 14.4. The van der Waals surface area contributed by atoms with E-state index in [1.165, 1.54) is 13.2 Å². The second kappa shape index (κ2) is 5.98. The Morgan fingerprint density at radius 3 is 2.71 bits per heavy atom. The first-order valence-corrected chi connectivity index (χ1v) is 5.78. The number of nitrogens with one attached hydrogen (secondary N) is 1. The van der Waals surface area contributed by atoms with Gasteiger partial charge < -0.3 is 15.2 Å². The Labute approximate surface area is 102 Å². The molecule has 0 aromatic heterocycles. The number of hydrogen-bond acceptors (Lipinski definition) is 3. The highest BCUT2D eigenvalue weighted by atomic mass is 19.1. The molecule has 0 spiro atoms. The van der Waals surface area contributed by atoms with E-state index in [-0.39, 0.29) is 5.56 Å². The van der Waals surface area contributed by atoms with Crippen LogP contribution < -0.4 is 10.1 Å². The molecule has 0 fully saturated rings. The van der Waals surface area contributed by atoms with Crippen LogP contribution in [0, 0.1) is 5.82 Å². The van der Waals surface area contributed by atoms with Gasteiger partial charge in [0.15, 0.2) is 0 Å². The summed E-state index contributed by atoms with van der Waals surface area (Å²) in [5.74, 6) is -0.00350. The van der Waals surface area contributed by atoms with Crippen LogP contribution in [0.2, 0.25) is 0 Å². The van der Waals surface area contributed by atoms with Crippen LogP contribution in [0.15, 0.2) is 18.2 Å². The predicted octanol–water partition coefficient (Wildman–Crippen LogP) is 2.04. The lowest BCUT2D eigenvalue weighted by atomic mass is 9.95. The largest absolute Gasteiger partial charge is 0.497 e. The minimum absolute atomic E-state index is 0.280. The van der Waals surface area contributed by atoms with Gasteiger partial charge in [0.1, 0.15) is 17.2 Å². The molecule has 17 heavy (non-hydrogen) atoms. The zero-order valence-electron chi connectivity index (χ0n) is 10.6. The molecule has 0 aliphatic rings. The van der Waals surface area contributed by atoms with E-state index < -0.39 is 11.4 Å². The minimum atomic E-state index is -1.22. The molecule has 0 saturated heterocycles. The molecule has 1 aromatic rings. The quantitative estimate of drug-likeness (QED) is 0.749. The van der Waals surface area contributed by atoms with Gasteiger partial charge in [-0.1, -0.05) is 6.92 Å². The maximum atomic E-state index is 13.8. The summed E-state index contributed by atoms with van der Waals surface area (Å²) in [5, 5.41) is 13.3. The van der Waals surface area contributed by atoms with Gasteiger partial charge in [-0.3, -0.25) is 0 Å². The maximum absolute atomic E-state index is 13.8. The van der Waals surface area contributed by atoms with Crippen LogP contribution in [0.3, 0.4) is 0 Å². The summed E-state index contributed by atoms with van der Waals surface area (Å²) in [4.78, 5) is 0. The Morgan fingerprint density at radius 2 is 2.18 bits per heavy atom. The van der Waals surface area contributed by atoms with Crippen LogP contribution >= 0.6 is 0 Å². The van der Waals surface area contributed by atoms with Crippen LogP contribution in [0.4, 0.5) is 4.39 Å². The summed E-state index contributed by atoms with van der Waals surface area (Å²) in [6, 6.07) is 4.48. The van der Waals surface area contributed by atoms with Crippen molar-refractivity contribution in [3.63, 3.8) is 0 Å². The fourth-order valence-corrected chi connectivity index (χ4v) is 1.66. The standard InChI is InChI=1S/C13H20FNO2/c1-4-7-15-9-13(2,16)11-6-5-10(17-3)8-12(11)14/h5-6,8,15-16H,4,7,9H2,1-3H3. The molecule has 2 N–H and O–H groups in total. The first-order chi connectivity index (χ1) is 8.01. The van der Waals surface area contributed by atoms with E-state index in [0.717, 1.165) is 13.0 Å². The van der Waals surface area contributed by atoms with Crippen molar-refractivity contribution in [1.29, 1.82) is 0 Å². The molecule has 3 nitrogen and oxygen atoms in total. The summed E-state index contributed by atoms with van der Waals surface area (Å²) in [7, 11) is 1.48. The summed E-state index contributed by atoms with van der Waals surface area (Å²) in [6.45, 7) is 4.76. The monoisotopic (exact) mass is 241 g/mol. The minimum Gasteiger partial charge on any atom is -0.497 e. The number of ether oxygens (including phenoxy) is 1. The van der Waals surface area contributed by atoms with Crippen molar-refractivity contribution in [2.24, 2.45) is 0 Å². The summed E-state index contributed by atoms with van der Waals surface area (Å²) < 4.78 is 18.7. The van der Waals surface area contributed by atoms with Gasteiger partial charge in [-0.15, -0.1) is 0 Å². The van der Waals surface area contributed by atoms with Crippen LogP contribution in [0.1, 0.15) is 25.8 Å². The van der Waals surface area contributed by atoms with Gasteiger partial charge in [-0.2, -0.15) is 0 Å². The van der Waals surface area contributed by atoms with Crippen molar-refractivity contribution < 1.29 is 14.2 Å².